The SMILES string of the molecule is CCCN(C1CCNCC1)S(=O)(=O)c1ccc2c(c1)OCO2.Cl. The molecule has 0 saturated carbocycles. The van der Waals surface area contributed by atoms with Crippen LogP contribution < -0.4 is 14.8 Å². The van der Waals surface area contributed by atoms with Gasteiger partial charge in [0, 0.05) is 18.7 Å². The van der Waals surface area contributed by atoms with Crippen LogP contribution in [0.25, 0.3) is 0 Å². The van der Waals surface area contributed by atoms with Gasteiger partial charge in [-0.05, 0) is 44.5 Å². The summed E-state index contributed by atoms with van der Waals surface area (Å²) in [4.78, 5) is 0.281. The molecule has 0 unspecified atom stereocenters. The third-order valence-corrected chi connectivity index (χ3v) is 6.06. The van der Waals surface area contributed by atoms with Gasteiger partial charge in [0.1, 0.15) is 0 Å². The molecular formula is C15H23ClN2O4S. The molecule has 1 aromatic carbocycles. The summed E-state index contributed by atoms with van der Waals surface area (Å²) in [7, 11) is -3.51. The number of fused-ring (bicyclic) bond motifs is 1. The Morgan fingerprint density at radius 3 is 2.61 bits per heavy atom. The molecule has 8 heteroatoms. The highest BCUT2D eigenvalue weighted by molar-refractivity contribution is 7.89. The van der Waals surface area contributed by atoms with Gasteiger partial charge in [-0.25, -0.2) is 8.42 Å². The van der Waals surface area contributed by atoms with Crippen molar-refractivity contribution in [3.8, 4) is 11.5 Å². The van der Waals surface area contributed by atoms with Gasteiger partial charge < -0.3 is 14.8 Å². The maximum absolute atomic E-state index is 13.0. The number of ether oxygens (including phenoxy) is 2. The Kier molecular flexibility index (Phi) is 6.13. The summed E-state index contributed by atoms with van der Waals surface area (Å²) in [6, 6.07) is 4.91. The van der Waals surface area contributed by atoms with E-state index in [2.05, 4.69) is 5.32 Å². The minimum Gasteiger partial charge on any atom is -0.454 e. The molecular weight excluding hydrogens is 340 g/mol. The summed E-state index contributed by atoms with van der Waals surface area (Å²) >= 11 is 0. The molecule has 130 valence electrons. The maximum Gasteiger partial charge on any atom is 0.243 e. The number of piperidine rings is 1. The molecule has 0 amide bonds. The maximum atomic E-state index is 13.0. The summed E-state index contributed by atoms with van der Waals surface area (Å²) in [5.74, 6) is 1.10. The first kappa shape index (κ1) is 18.3. The van der Waals surface area contributed by atoms with Crippen LogP contribution in [0.3, 0.4) is 0 Å². The lowest BCUT2D eigenvalue weighted by Gasteiger charge is -2.33. The predicted molar refractivity (Wildman–Crippen MR) is 89.9 cm³/mol. The highest BCUT2D eigenvalue weighted by Crippen LogP contribution is 2.35. The summed E-state index contributed by atoms with van der Waals surface area (Å²) in [5.41, 5.74) is 0. The highest BCUT2D eigenvalue weighted by Gasteiger charge is 2.32. The molecule has 0 bridgehead atoms. The van der Waals surface area contributed by atoms with E-state index in [9.17, 15) is 8.42 Å². The Morgan fingerprint density at radius 2 is 1.91 bits per heavy atom. The minimum atomic E-state index is -3.51. The number of nitrogens with zero attached hydrogens (tertiary/aromatic N) is 1. The summed E-state index contributed by atoms with van der Waals surface area (Å²) in [6.45, 7) is 4.42. The number of halogens is 1. The van der Waals surface area contributed by atoms with Crippen LogP contribution in [0.2, 0.25) is 0 Å². The molecule has 23 heavy (non-hydrogen) atoms. The van der Waals surface area contributed by atoms with E-state index < -0.39 is 10.0 Å². The second kappa shape index (κ2) is 7.70. The first-order chi connectivity index (χ1) is 10.6. The molecule has 2 aliphatic rings. The van der Waals surface area contributed by atoms with Crippen molar-refractivity contribution < 1.29 is 17.9 Å². The number of hydrogen-bond acceptors (Lipinski definition) is 5. The molecule has 2 aliphatic heterocycles. The van der Waals surface area contributed by atoms with Crippen molar-refractivity contribution in [1.29, 1.82) is 0 Å². The van der Waals surface area contributed by atoms with Gasteiger partial charge in [-0.15, -0.1) is 12.4 Å². The molecule has 1 saturated heterocycles. The van der Waals surface area contributed by atoms with Gasteiger partial charge in [-0.1, -0.05) is 6.92 Å². The van der Waals surface area contributed by atoms with E-state index in [1.165, 1.54) is 0 Å². The van der Waals surface area contributed by atoms with Crippen LogP contribution >= 0.6 is 12.4 Å². The number of hydrogen-bond donors (Lipinski definition) is 1. The Hall–Kier alpha value is -1.02. The fraction of sp³-hybridized carbons (Fsp3) is 0.600. The van der Waals surface area contributed by atoms with E-state index in [1.54, 1.807) is 22.5 Å². The third-order valence-electron chi connectivity index (χ3n) is 4.11. The highest BCUT2D eigenvalue weighted by atomic mass is 35.5. The van der Waals surface area contributed by atoms with Crippen LogP contribution in [0.4, 0.5) is 0 Å². The molecule has 0 spiro atoms. The van der Waals surface area contributed by atoms with Gasteiger partial charge in [0.25, 0.3) is 0 Å². The lowest BCUT2D eigenvalue weighted by molar-refractivity contribution is 0.174. The first-order valence-corrected chi connectivity index (χ1v) is 9.19. The van der Waals surface area contributed by atoms with Crippen LogP contribution in [0.1, 0.15) is 26.2 Å². The zero-order valence-corrected chi connectivity index (χ0v) is 14.8. The van der Waals surface area contributed by atoms with E-state index in [0.29, 0.717) is 18.0 Å². The molecule has 1 fully saturated rings. The van der Waals surface area contributed by atoms with Crippen LogP contribution in [0.15, 0.2) is 23.1 Å². The lowest BCUT2D eigenvalue weighted by Crippen LogP contribution is -2.46. The van der Waals surface area contributed by atoms with Crippen molar-refractivity contribution in [3.63, 3.8) is 0 Å². The predicted octanol–water partition coefficient (Wildman–Crippen LogP) is 1.99. The van der Waals surface area contributed by atoms with Gasteiger partial charge in [0.2, 0.25) is 16.8 Å². The summed E-state index contributed by atoms with van der Waals surface area (Å²) in [6.07, 6.45) is 2.50. The molecule has 1 aromatic rings. The van der Waals surface area contributed by atoms with Gasteiger partial charge in [-0.2, -0.15) is 4.31 Å². The van der Waals surface area contributed by atoms with E-state index >= 15 is 0 Å². The van der Waals surface area contributed by atoms with E-state index in [1.807, 2.05) is 6.92 Å². The van der Waals surface area contributed by atoms with E-state index in [4.69, 9.17) is 9.47 Å². The smallest absolute Gasteiger partial charge is 0.243 e. The molecule has 2 heterocycles. The number of nitrogens with one attached hydrogen (secondary N) is 1. The van der Waals surface area contributed by atoms with Crippen LogP contribution in [-0.4, -0.2) is 45.2 Å². The largest absolute Gasteiger partial charge is 0.454 e. The quantitative estimate of drug-likeness (QED) is 0.867. The monoisotopic (exact) mass is 362 g/mol. The molecule has 6 nitrogen and oxygen atoms in total. The van der Waals surface area contributed by atoms with Crippen molar-refractivity contribution in [3.05, 3.63) is 18.2 Å². The normalized spacial score (nSPS) is 18.0. The third kappa shape index (κ3) is 3.74. The molecule has 3 rings (SSSR count). The van der Waals surface area contributed by atoms with Crippen molar-refractivity contribution >= 4 is 22.4 Å². The minimum absolute atomic E-state index is 0. The van der Waals surface area contributed by atoms with Crippen molar-refractivity contribution in [2.75, 3.05) is 26.4 Å². The lowest BCUT2D eigenvalue weighted by atomic mass is 10.1. The van der Waals surface area contributed by atoms with Crippen LogP contribution in [0, 0.1) is 0 Å². The number of rotatable bonds is 5. The fourth-order valence-electron chi connectivity index (χ4n) is 2.99. The number of benzene rings is 1. The Labute approximate surface area is 143 Å². The second-order valence-electron chi connectivity index (χ2n) is 5.61. The summed E-state index contributed by atoms with van der Waals surface area (Å²) < 4.78 is 38.3. The average molecular weight is 363 g/mol. The number of sulfonamides is 1. The Bertz CT molecular complexity index is 632. The molecule has 0 aliphatic carbocycles. The fourth-order valence-corrected chi connectivity index (χ4v) is 4.78. The van der Waals surface area contributed by atoms with Gasteiger partial charge in [0.05, 0.1) is 4.90 Å². The molecule has 0 atom stereocenters. The standard InChI is InChI=1S/C15H22N2O4S.ClH/c1-2-9-17(12-5-7-16-8-6-12)22(18,19)13-3-4-14-15(10-13)21-11-20-14;/h3-4,10,12,16H,2,5-9,11H2,1H3;1H. The molecule has 1 N–H and O–H groups in total. The Morgan fingerprint density at radius 1 is 1.22 bits per heavy atom. The zero-order valence-electron chi connectivity index (χ0n) is 13.2. The van der Waals surface area contributed by atoms with Crippen molar-refractivity contribution in [2.45, 2.75) is 37.1 Å². The first-order valence-electron chi connectivity index (χ1n) is 7.75. The topological polar surface area (TPSA) is 67.9 Å². The Balaban J connectivity index is 0.00000192. The van der Waals surface area contributed by atoms with Gasteiger partial charge in [-0.3, -0.25) is 0 Å². The van der Waals surface area contributed by atoms with E-state index in [0.717, 1.165) is 32.4 Å². The van der Waals surface area contributed by atoms with E-state index in [-0.39, 0.29) is 30.1 Å². The van der Waals surface area contributed by atoms with Crippen molar-refractivity contribution in [2.24, 2.45) is 0 Å². The van der Waals surface area contributed by atoms with Gasteiger partial charge in [0.15, 0.2) is 11.5 Å². The van der Waals surface area contributed by atoms with Gasteiger partial charge >= 0.3 is 0 Å². The molecule has 0 aromatic heterocycles. The van der Waals surface area contributed by atoms with Crippen molar-refractivity contribution in [1.82, 2.24) is 9.62 Å². The summed E-state index contributed by atoms with van der Waals surface area (Å²) in [5, 5.41) is 3.28. The zero-order chi connectivity index (χ0) is 15.6. The average Bonchev–Trinajstić information content (AvgIpc) is 3.00. The molecule has 0 radical (unpaired) electrons. The van der Waals surface area contributed by atoms with Crippen LogP contribution in [-0.2, 0) is 10.0 Å². The van der Waals surface area contributed by atoms with Crippen LogP contribution in [0.5, 0.6) is 11.5 Å². The second-order valence-corrected chi connectivity index (χ2v) is 7.50.